The van der Waals surface area contributed by atoms with Crippen LogP contribution in [0.4, 0.5) is 0 Å². The summed E-state index contributed by atoms with van der Waals surface area (Å²) in [6, 6.07) is 7.33. The van der Waals surface area contributed by atoms with Crippen molar-refractivity contribution in [1.82, 2.24) is 0 Å². The van der Waals surface area contributed by atoms with Gasteiger partial charge in [0, 0.05) is 11.1 Å². The Balaban J connectivity index is 0.00000288. The van der Waals surface area contributed by atoms with Crippen LogP contribution < -0.4 is 11.5 Å². The van der Waals surface area contributed by atoms with Crippen LogP contribution in [0, 0.1) is 23.2 Å². The van der Waals surface area contributed by atoms with Crippen molar-refractivity contribution in [2.45, 2.75) is 52.5 Å². The third kappa shape index (κ3) is 4.25. The molecule has 0 bridgehead atoms. The van der Waals surface area contributed by atoms with Gasteiger partial charge in [-0.25, -0.2) is 0 Å². The number of carbonyl (C=O) groups is 1. The van der Waals surface area contributed by atoms with E-state index in [0.29, 0.717) is 23.3 Å². The highest BCUT2D eigenvalue weighted by atomic mass is 35.5. The molecule has 0 aromatic heterocycles. The molecule has 0 heterocycles. The smallest absolute Gasteiger partial charge is 0.224 e. The highest BCUT2D eigenvalue weighted by molar-refractivity contribution is 6.31. The first-order chi connectivity index (χ1) is 10.8. The fraction of sp³-hybridized carbons (Fsp3) is 0.632. The van der Waals surface area contributed by atoms with Gasteiger partial charge in [-0.3, -0.25) is 4.79 Å². The molecule has 0 saturated heterocycles. The molecule has 0 radical (unpaired) electrons. The number of primary amides is 1. The number of rotatable bonds is 5. The summed E-state index contributed by atoms with van der Waals surface area (Å²) >= 11 is 6.29. The molecule has 1 aromatic rings. The number of nitrogens with two attached hydrogens (primary N) is 2. The predicted octanol–water partition coefficient (Wildman–Crippen LogP) is 4.72. The molecule has 1 aliphatic rings. The SMILES string of the molecule is CC1CCC(C(C)C)C(C[C@H](N)c2ccccc2Cl)(C(N)=O)C1.Cl. The predicted molar refractivity (Wildman–Crippen MR) is 103 cm³/mol. The highest BCUT2D eigenvalue weighted by Crippen LogP contribution is 2.51. The lowest BCUT2D eigenvalue weighted by atomic mass is 9.57. The first-order valence-corrected chi connectivity index (χ1v) is 8.95. The minimum Gasteiger partial charge on any atom is -0.369 e. The van der Waals surface area contributed by atoms with E-state index in [9.17, 15) is 4.79 Å². The van der Waals surface area contributed by atoms with Crippen molar-refractivity contribution >= 4 is 29.9 Å². The van der Waals surface area contributed by atoms with Gasteiger partial charge in [0.05, 0.1) is 5.41 Å². The van der Waals surface area contributed by atoms with Gasteiger partial charge in [0.2, 0.25) is 5.91 Å². The molecular formula is C19H30Cl2N2O. The van der Waals surface area contributed by atoms with Crippen molar-refractivity contribution in [3.63, 3.8) is 0 Å². The van der Waals surface area contributed by atoms with E-state index in [1.165, 1.54) is 0 Å². The van der Waals surface area contributed by atoms with Crippen LogP contribution in [0.2, 0.25) is 5.02 Å². The van der Waals surface area contributed by atoms with Crippen LogP contribution in [0.1, 0.15) is 58.1 Å². The fourth-order valence-electron chi connectivity index (χ4n) is 4.48. The molecule has 4 atom stereocenters. The van der Waals surface area contributed by atoms with E-state index in [-0.39, 0.29) is 30.3 Å². The second kappa shape index (κ2) is 8.55. The maximum Gasteiger partial charge on any atom is 0.224 e. The topological polar surface area (TPSA) is 69.1 Å². The maximum absolute atomic E-state index is 12.5. The number of benzene rings is 1. The van der Waals surface area contributed by atoms with Gasteiger partial charge < -0.3 is 11.5 Å². The van der Waals surface area contributed by atoms with E-state index in [4.69, 9.17) is 23.1 Å². The monoisotopic (exact) mass is 372 g/mol. The van der Waals surface area contributed by atoms with Gasteiger partial charge in [-0.15, -0.1) is 12.4 Å². The van der Waals surface area contributed by atoms with Crippen molar-refractivity contribution in [1.29, 1.82) is 0 Å². The molecule has 1 aromatic carbocycles. The first-order valence-electron chi connectivity index (χ1n) is 8.58. The lowest BCUT2D eigenvalue weighted by Crippen LogP contribution is -2.50. The third-order valence-electron chi connectivity index (χ3n) is 5.58. The second-order valence-corrected chi connectivity index (χ2v) is 8.00. The third-order valence-corrected chi connectivity index (χ3v) is 5.92. The number of halogens is 2. The molecule has 3 unspecified atom stereocenters. The Bertz CT molecular complexity index is 564. The summed E-state index contributed by atoms with van der Waals surface area (Å²) < 4.78 is 0. The van der Waals surface area contributed by atoms with E-state index in [1.54, 1.807) is 0 Å². The number of hydrogen-bond donors (Lipinski definition) is 2. The molecule has 1 saturated carbocycles. The zero-order valence-corrected chi connectivity index (χ0v) is 16.4. The van der Waals surface area contributed by atoms with Crippen molar-refractivity contribution in [3.8, 4) is 0 Å². The Kier molecular flexibility index (Phi) is 7.58. The largest absolute Gasteiger partial charge is 0.369 e. The summed E-state index contributed by atoms with van der Waals surface area (Å²) in [5, 5.41) is 0.657. The molecule has 0 spiro atoms. The van der Waals surface area contributed by atoms with Gasteiger partial charge in [-0.05, 0) is 48.6 Å². The summed E-state index contributed by atoms with van der Waals surface area (Å²) in [5.41, 5.74) is 12.8. The van der Waals surface area contributed by atoms with Gasteiger partial charge in [-0.1, -0.05) is 57.0 Å². The lowest BCUT2D eigenvalue weighted by molar-refractivity contribution is -0.137. The van der Waals surface area contributed by atoms with Crippen LogP contribution in [0.15, 0.2) is 24.3 Å². The molecule has 1 fully saturated rings. The maximum atomic E-state index is 12.5. The minimum atomic E-state index is -0.537. The van der Waals surface area contributed by atoms with E-state index in [2.05, 4.69) is 20.8 Å². The zero-order valence-electron chi connectivity index (χ0n) is 14.8. The van der Waals surface area contributed by atoms with Gasteiger partial charge >= 0.3 is 0 Å². The van der Waals surface area contributed by atoms with Crippen molar-refractivity contribution in [2.24, 2.45) is 34.6 Å². The van der Waals surface area contributed by atoms with Crippen LogP contribution in [0.25, 0.3) is 0 Å². The normalized spacial score (nSPS) is 28.2. The average molecular weight is 373 g/mol. The molecule has 0 aliphatic heterocycles. The van der Waals surface area contributed by atoms with Crippen LogP contribution >= 0.6 is 24.0 Å². The van der Waals surface area contributed by atoms with Crippen LogP contribution in [-0.2, 0) is 4.79 Å². The number of hydrogen-bond acceptors (Lipinski definition) is 2. The van der Waals surface area contributed by atoms with E-state index < -0.39 is 5.41 Å². The Morgan fingerprint density at radius 1 is 1.33 bits per heavy atom. The van der Waals surface area contributed by atoms with Gasteiger partial charge in [0.1, 0.15) is 0 Å². The van der Waals surface area contributed by atoms with E-state index in [0.717, 1.165) is 24.8 Å². The second-order valence-electron chi connectivity index (χ2n) is 7.59. The average Bonchev–Trinajstić information content (AvgIpc) is 2.47. The fourth-order valence-corrected chi connectivity index (χ4v) is 4.76. The molecule has 5 heteroatoms. The Morgan fingerprint density at radius 3 is 2.50 bits per heavy atom. The van der Waals surface area contributed by atoms with Crippen LogP contribution in [-0.4, -0.2) is 5.91 Å². The minimum absolute atomic E-state index is 0. The molecular weight excluding hydrogens is 343 g/mol. The van der Waals surface area contributed by atoms with E-state index in [1.807, 2.05) is 24.3 Å². The molecule has 1 amide bonds. The van der Waals surface area contributed by atoms with Gasteiger partial charge in [0.15, 0.2) is 0 Å². The van der Waals surface area contributed by atoms with Crippen LogP contribution in [0.5, 0.6) is 0 Å². The summed E-state index contributed by atoms with van der Waals surface area (Å²) in [4.78, 5) is 12.5. The Labute approximate surface area is 156 Å². The highest BCUT2D eigenvalue weighted by Gasteiger charge is 2.49. The molecule has 136 valence electrons. The molecule has 3 nitrogen and oxygen atoms in total. The summed E-state index contributed by atoms with van der Waals surface area (Å²) in [7, 11) is 0. The summed E-state index contributed by atoms with van der Waals surface area (Å²) in [6.07, 6.45) is 3.58. The van der Waals surface area contributed by atoms with Gasteiger partial charge in [0.25, 0.3) is 0 Å². The lowest BCUT2D eigenvalue weighted by Gasteiger charge is -2.47. The number of amides is 1. The molecule has 24 heavy (non-hydrogen) atoms. The van der Waals surface area contributed by atoms with Crippen molar-refractivity contribution in [2.75, 3.05) is 0 Å². The molecule has 4 N–H and O–H groups in total. The Morgan fingerprint density at radius 2 is 1.96 bits per heavy atom. The van der Waals surface area contributed by atoms with Crippen molar-refractivity contribution in [3.05, 3.63) is 34.9 Å². The first kappa shape index (κ1) is 21.3. The Hall–Kier alpha value is -0.770. The zero-order chi connectivity index (χ0) is 17.2. The summed E-state index contributed by atoms with van der Waals surface area (Å²) in [5.74, 6) is 0.986. The molecule has 2 rings (SSSR count). The summed E-state index contributed by atoms with van der Waals surface area (Å²) in [6.45, 7) is 6.56. The standard InChI is InChI=1S/C19H29ClN2O.ClH/c1-12(2)15-9-8-13(3)10-19(15,18(22)23)11-17(21)14-6-4-5-7-16(14)20;/h4-7,12-13,15,17H,8-11,21H2,1-3H3,(H2,22,23);1H/t13?,15?,17-,19?;/m0./s1. The molecule has 1 aliphatic carbocycles. The quantitative estimate of drug-likeness (QED) is 0.784. The van der Waals surface area contributed by atoms with Gasteiger partial charge in [-0.2, -0.15) is 0 Å². The number of carbonyl (C=O) groups excluding carboxylic acids is 1. The van der Waals surface area contributed by atoms with E-state index >= 15 is 0 Å². The van der Waals surface area contributed by atoms with Crippen LogP contribution in [0.3, 0.4) is 0 Å². The van der Waals surface area contributed by atoms with Crippen molar-refractivity contribution < 1.29 is 4.79 Å².